The molecule has 1 N–H and O–H groups in total. The summed E-state index contributed by atoms with van der Waals surface area (Å²) in [4.78, 5) is 21.8. The van der Waals surface area contributed by atoms with Gasteiger partial charge in [-0.2, -0.15) is 0 Å². The Labute approximate surface area is 158 Å². The van der Waals surface area contributed by atoms with Gasteiger partial charge in [0.15, 0.2) is 0 Å². The van der Waals surface area contributed by atoms with Crippen LogP contribution < -0.4 is 4.90 Å². The molecule has 7 nitrogen and oxygen atoms in total. The lowest BCUT2D eigenvalue weighted by molar-refractivity contribution is 0.177. The van der Waals surface area contributed by atoms with Crippen LogP contribution in [0.4, 0.5) is 11.6 Å². The van der Waals surface area contributed by atoms with Crippen molar-refractivity contribution in [2.45, 2.75) is 12.5 Å². The van der Waals surface area contributed by atoms with Crippen LogP contribution in [0.5, 0.6) is 0 Å². The topological polar surface area (TPSA) is 78.3 Å². The largest absolute Gasteiger partial charge is 0.392 e. The van der Waals surface area contributed by atoms with Crippen molar-refractivity contribution in [2.75, 3.05) is 31.1 Å². The van der Waals surface area contributed by atoms with Crippen molar-refractivity contribution in [3.63, 3.8) is 0 Å². The summed E-state index contributed by atoms with van der Waals surface area (Å²) >= 11 is 0. The molecule has 4 heterocycles. The zero-order valence-electron chi connectivity index (χ0n) is 15.0. The van der Waals surface area contributed by atoms with Gasteiger partial charge in [-0.1, -0.05) is 6.07 Å². The molecule has 1 unspecified atom stereocenters. The van der Waals surface area contributed by atoms with Gasteiger partial charge in [0, 0.05) is 50.3 Å². The maximum atomic E-state index is 9.77. The summed E-state index contributed by atoms with van der Waals surface area (Å²) < 4.78 is 0. The summed E-state index contributed by atoms with van der Waals surface area (Å²) in [5, 5.41) is 9.77. The summed E-state index contributed by atoms with van der Waals surface area (Å²) in [7, 11) is 0. The fourth-order valence-electron chi connectivity index (χ4n) is 3.30. The van der Waals surface area contributed by atoms with Gasteiger partial charge >= 0.3 is 0 Å². The molecule has 7 heteroatoms. The zero-order chi connectivity index (χ0) is 18.5. The lowest BCUT2D eigenvalue weighted by atomic mass is 10.2. The van der Waals surface area contributed by atoms with Gasteiger partial charge in [-0.25, -0.2) is 15.0 Å². The van der Waals surface area contributed by atoms with Crippen molar-refractivity contribution >= 4 is 11.6 Å². The highest BCUT2D eigenvalue weighted by Gasteiger charge is 2.21. The molecule has 0 amide bonds. The molecule has 4 rings (SSSR count). The Balaban J connectivity index is 1.60. The molecule has 3 aromatic heterocycles. The van der Waals surface area contributed by atoms with Crippen molar-refractivity contribution in [2.24, 2.45) is 0 Å². The van der Waals surface area contributed by atoms with Gasteiger partial charge < -0.3 is 10.0 Å². The van der Waals surface area contributed by atoms with Gasteiger partial charge in [0.1, 0.15) is 18.0 Å². The summed E-state index contributed by atoms with van der Waals surface area (Å²) in [6.07, 6.45) is 7.47. The molecular formula is C20H22N6O. The van der Waals surface area contributed by atoms with Gasteiger partial charge in [-0.05, 0) is 36.8 Å². The first kappa shape index (κ1) is 17.5. The number of aliphatic hydroxyl groups excluding tert-OH is 1. The standard InChI is InChI=1S/C20H22N6O/c27-17-7-10-25(14-17)11-12-26(19-6-9-22-15-23-19)20-5-1-4-18(24-20)16-3-2-8-21-13-16/h1-6,8-9,13,15,17,27H,7,10-12,14H2. The summed E-state index contributed by atoms with van der Waals surface area (Å²) in [5.41, 5.74) is 1.85. The molecule has 27 heavy (non-hydrogen) atoms. The number of likely N-dealkylation sites (tertiary alicyclic amines) is 1. The first-order valence-corrected chi connectivity index (χ1v) is 9.11. The van der Waals surface area contributed by atoms with Gasteiger partial charge in [0.05, 0.1) is 11.8 Å². The first-order chi connectivity index (χ1) is 13.3. The quantitative estimate of drug-likeness (QED) is 0.720. The van der Waals surface area contributed by atoms with Crippen LogP contribution in [0.25, 0.3) is 11.3 Å². The van der Waals surface area contributed by atoms with E-state index in [0.717, 1.165) is 55.5 Å². The van der Waals surface area contributed by atoms with Crippen LogP contribution in [0.1, 0.15) is 6.42 Å². The van der Waals surface area contributed by atoms with Crippen molar-refractivity contribution in [1.82, 2.24) is 24.8 Å². The van der Waals surface area contributed by atoms with Crippen molar-refractivity contribution in [1.29, 1.82) is 0 Å². The second-order valence-corrected chi connectivity index (χ2v) is 6.59. The number of β-amino-alcohol motifs (C(OH)–C–C–N with tert-alkyl or cyclic N) is 1. The van der Waals surface area contributed by atoms with Crippen LogP contribution >= 0.6 is 0 Å². The van der Waals surface area contributed by atoms with Crippen LogP contribution in [-0.4, -0.2) is 62.2 Å². The highest BCUT2D eigenvalue weighted by atomic mass is 16.3. The zero-order valence-corrected chi connectivity index (χ0v) is 15.0. The number of pyridine rings is 2. The fraction of sp³-hybridized carbons (Fsp3) is 0.300. The minimum Gasteiger partial charge on any atom is -0.392 e. The van der Waals surface area contributed by atoms with Crippen molar-refractivity contribution < 1.29 is 5.11 Å². The number of rotatable bonds is 6. The third kappa shape index (κ3) is 4.27. The van der Waals surface area contributed by atoms with E-state index in [1.54, 1.807) is 18.7 Å². The minimum absolute atomic E-state index is 0.218. The lowest BCUT2D eigenvalue weighted by Gasteiger charge is -2.25. The Hall–Kier alpha value is -2.90. The molecule has 1 atom stereocenters. The molecule has 3 aromatic rings. The normalized spacial score (nSPS) is 17.1. The van der Waals surface area contributed by atoms with E-state index in [9.17, 15) is 5.11 Å². The van der Waals surface area contributed by atoms with E-state index >= 15 is 0 Å². The van der Waals surface area contributed by atoms with E-state index in [2.05, 4.69) is 24.8 Å². The van der Waals surface area contributed by atoms with Crippen LogP contribution in [0.2, 0.25) is 0 Å². The van der Waals surface area contributed by atoms with E-state index in [1.165, 1.54) is 0 Å². The monoisotopic (exact) mass is 362 g/mol. The van der Waals surface area contributed by atoms with E-state index in [4.69, 9.17) is 4.98 Å². The molecule has 1 fully saturated rings. The molecular weight excluding hydrogens is 340 g/mol. The Bertz CT molecular complexity index is 861. The Morgan fingerprint density at radius 3 is 2.78 bits per heavy atom. The molecule has 0 radical (unpaired) electrons. The average Bonchev–Trinajstić information content (AvgIpc) is 3.15. The minimum atomic E-state index is -0.218. The highest BCUT2D eigenvalue weighted by molar-refractivity contribution is 5.63. The first-order valence-electron chi connectivity index (χ1n) is 9.11. The van der Waals surface area contributed by atoms with Gasteiger partial charge in [-0.15, -0.1) is 0 Å². The Morgan fingerprint density at radius 2 is 2.04 bits per heavy atom. The smallest absolute Gasteiger partial charge is 0.137 e. The van der Waals surface area contributed by atoms with E-state index in [0.29, 0.717) is 0 Å². The van der Waals surface area contributed by atoms with E-state index in [-0.39, 0.29) is 6.10 Å². The predicted octanol–water partition coefficient (Wildman–Crippen LogP) is 2.14. The van der Waals surface area contributed by atoms with Crippen LogP contribution in [-0.2, 0) is 0 Å². The number of hydrogen-bond acceptors (Lipinski definition) is 7. The highest BCUT2D eigenvalue weighted by Crippen LogP contribution is 2.24. The van der Waals surface area contributed by atoms with E-state index in [1.807, 2.05) is 42.6 Å². The second-order valence-electron chi connectivity index (χ2n) is 6.59. The van der Waals surface area contributed by atoms with Crippen molar-refractivity contribution in [3.8, 4) is 11.3 Å². The Morgan fingerprint density at radius 1 is 1.07 bits per heavy atom. The number of hydrogen-bond donors (Lipinski definition) is 1. The van der Waals surface area contributed by atoms with E-state index < -0.39 is 0 Å². The summed E-state index contributed by atoms with van der Waals surface area (Å²) in [5.74, 6) is 1.63. The number of aliphatic hydroxyl groups is 1. The Kier molecular flexibility index (Phi) is 5.32. The van der Waals surface area contributed by atoms with Crippen molar-refractivity contribution in [3.05, 3.63) is 61.3 Å². The van der Waals surface area contributed by atoms with Crippen LogP contribution in [0.15, 0.2) is 61.3 Å². The molecule has 0 aromatic carbocycles. The molecule has 1 aliphatic rings. The molecule has 1 aliphatic heterocycles. The molecule has 0 spiro atoms. The fourth-order valence-corrected chi connectivity index (χ4v) is 3.30. The number of nitrogens with zero attached hydrogens (tertiary/aromatic N) is 6. The average molecular weight is 362 g/mol. The van der Waals surface area contributed by atoms with Gasteiger partial charge in [-0.3, -0.25) is 9.88 Å². The maximum absolute atomic E-state index is 9.77. The van der Waals surface area contributed by atoms with Gasteiger partial charge in [0.25, 0.3) is 0 Å². The third-order valence-electron chi connectivity index (χ3n) is 4.70. The predicted molar refractivity (Wildman–Crippen MR) is 104 cm³/mol. The molecule has 0 bridgehead atoms. The molecule has 0 aliphatic carbocycles. The third-order valence-corrected chi connectivity index (χ3v) is 4.70. The summed E-state index contributed by atoms with van der Waals surface area (Å²) in [6, 6.07) is 11.8. The SMILES string of the molecule is OC1CCN(CCN(c2ccncn2)c2cccc(-c3cccnc3)n2)C1. The molecule has 138 valence electrons. The maximum Gasteiger partial charge on any atom is 0.137 e. The van der Waals surface area contributed by atoms with Gasteiger partial charge in [0.2, 0.25) is 0 Å². The lowest BCUT2D eigenvalue weighted by Crippen LogP contribution is -2.33. The molecule has 0 saturated carbocycles. The summed E-state index contributed by atoms with van der Waals surface area (Å²) in [6.45, 7) is 3.20. The van der Waals surface area contributed by atoms with Crippen LogP contribution in [0, 0.1) is 0 Å². The number of anilines is 2. The number of aromatic nitrogens is 4. The van der Waals surface area contributed by atoms with Crippen LogP contribution in [0.3, 0.4) is 0 Å². The molecule has 1 saturated heterocycles. The second kappa shape index (κ2) is 8.20.